The van der Waals surface area contributed by atoms with Crippen molar-refractivity contribution in [3.8, 4) is 0 Å². The van der Waals surface area contributed by atoms with Crippen LogP contribution in [0.25, 0.3) is 6.08 Å². The lowest BCUT2D eigenvalue weighted by Crippen LogP contribution is -2.55. The van der Waals surface area contributed by atoms with Gasteiger partial charge in [-0.25, -0.2) is 4.79 Å². The average molecular weight is 407 g/mol. The highest BCUT2D eigenvalue weighted by Crippen LogP contribution is 2.08. The molecule has 1 atom stereocenters. The standard InChI is InChI=1S/C24H30N4O2/c1-20(23(29)26-24(30)25-19-22-11-6-3-7-12-22)28-17-15-27(16-18-28)14-8-13-21-9-4-2-5-10-21/h2-13,20H,14-19H2,1H3,(H2,25,26,29,30)/b13-8+/t20-/m1/s1. The lowest BCUT2D eigenvalue weighted by atomic mass is 10.2. The highest BCUT2D eigenvalue weighted by molar-refractivity contribution is 5.96. The third-order valence-corrected chi connectivity index (χ3v) is 5.34. The zero-order valence-corrected chi connectivity index (χ0v) is 17.5. The Morgan fingerprint density at radius 2 is 1.60 bits per heavy atom. The van der Waals surface area contributed by atoms with Crippen LogP contribution in [0.5, 0.6) is 0 Å². The van der Waals surface area contributed by atoms with Crippen LogP contribution >= 0.6 is 0 Å². The number of amides is 3. The van der Waals surface area contributed by atoms with Crippen LogP contribution in [0.4, 0.5) is 4.79 Å². The summed E-state index contributed by atoms with van der Waals surface area (Å²) in [5, 5.41) is 5.18. The van der Waals surface area contributed by atoms with E-state index in [1.165, 1.54) is 5.56 Å². The summed E-state index contributed by atoms with van der Waals surface area (Å²) in [5.74, 6) is -0.266. The van der Waals surface area contributed by atoms with Gasteiger partial charge in [-0.15, -0.1) is 0 Å². The molecule has 0 unspecified atom stereocenters. The van der Waals surface area contributed by atoms with Gasteiger partial charge in [0, 0.05) is 39.3 Å². The molecule has 30 heavy (non-hydrogen) atoms. The Morgan fingerprint density at radius 3 is 2.27 bits per heavy atom. The molecule has 2 N–H and O–H groups in total. The van der Waals surface area contributed by atoms with E-state index in [0.29, 0.717) is 6.54 Å². The summed E-state index contributed by atoms with van der Waals surface area (Å²) in [4.78, 5) is 29.0. The summed E-state index contributed by atoms with van der Waals surface area (Å²) >= 11 is 0. The Bertz CT molecular complexity index is 831. The summed E-state index contributed by atoms with van der Waals surface area (Å²) in [7, 11) is 0. The van der Waals surface area contributed by atoms with Crippen molar-refractivity contribution in [2.45, 2.75) is 19.5 Å². The van der Waals surface area contributed by atoms with Crippen LogP contribution in [0.1, 0.15) is 18.1 Å². The molecule has 0 radical (unpaired) electrons. The normalized spacial score (nSPS) is 16.3. The Morgan fingerprint density at radius 1 is 0.967 bits per heavy atom. The highest BCUT2D eigenvalue weighted by Gasteiger charge is 2.26. The van der Waals surface area contributed by atoms with Crippen LogP contribution in [0.2, 0.25) is 0 Å². The molecular weight excluding hydrogens is 376 g/mol. The smallest absolute Gasteiger partial charge is 0.321 e. The van der Waals surface area contributed by atoms with Gasteiger partial charge in [-0.1, -0.05) is 72.8 Å². The molecule has 0 bridgehead atoms. The summed E-state index contributed by atoms with van der Waals surface area (Å²) in [6, 6.07) is 19.1. The van der Waals surface area contributed by atoms with Crippen molar-refractivity contribution in [2.75, 3.05) is 32.7 Å². The van der Waals surface area contributed by atoms with Gasteiger partial charge in [-0.05, 0) is 18.1 Å². The Balaban J connectivity index is 1.36. The van der Waals surface area contributed by atoms with Gasteiger partial charge in [-0.2, -0.15) is 0 Å². The number of carbonyl (C=O) groups is 2. The maximum absolute atomic E-state index is 12.4. The lowest BCUT2D eigenvalue weighted by Gasteiger charge is -2.36. The first-order chi connectivity index (χ1) is 14.6. The number of piperazine rings is 1. The molecule has 6 nitrogen and oxygen atoms in total. The summed E-state index contributed by atoms with van der Waals surface area (Å²) in [6.45, 7) is 6.55. The molecule has 1 heterocycles. The number of nitrogens with one attached hydrogen (secondary N) is 2. The quantitative estimate of drug-likeness (QED) is 0.742. The summed E-state index contributed by atoms with van der Waals surface area (Å²) in [5.41, 5.74) is 2.19. The molecular formula is C24H30N4O2. The number of imide groups is 1. The Labute approximate surface area is 178 Å². The molecule has 158 valence electrons. The third-order valence-electron chi connectivity index (χ3n) is 5.34. The van der Waals surface area contributed by atoms with Crippen molar-refractivity contribution in [1.29, 1.82) is 0 Å². The second-order valence-electron chi connectivity index (χ2n) is 7.48. The van der Waals surface area contributed by atoms with Gasteiger partial charge < -0.3 is 5.32 Å². The lowest BCUT2D eigenvalue weighted by molar-refractivity contribution is -0.125. The van der Waals surface area contributed by atoms with E-state index in [9.17, 15) is 9.59 Å². The molecule has 1 saturated heterocycles. The molecule has 0 aliphatic carbocycles. The number of nitrogens with zero attached hydrogens (tertiary/aromatic N) is 2. The highest BCUT2D eigenvalue weighted by atomic mass is 16.2. The van der Waals surface area contributed by atoms with Gasteiger partial charge in [0.05, 0.1) is 6.04 Å². The average Bonchev–Trinajstić information content (AvgIpc) is 2.79. The van der Waals surface area contributed by atoms with Crippen molar-refractivity contribution < 1.29 is 9.59 Å². The molecule has 1 aliphatic heterocycles. The Kier molecular flexibility index (Phi) is 8.18. The van der Waals surface area contributed by atoms with Crippen molar-refractivity contribution in [3.63, 3.8) is 0 Å². The zero-order chi connectivity index (χ0) is 21.2. The number of rotatable bonds is 7. The van der Waals surface area contributed by atoms with E-state index in [1.54, 1.807) is 0 Å². The first-order valence-electron chi connectivity index (χ1n) is 10.4. The van der Waals surface area contributed by atoms with E-state index in [1.807, 2.05) is 55.5 Å². The van der Waals surface area contributed by atoms with E-state index in [0.717, 1.165) is 38.3 Å². The molecule has 2 aromatic carbocycles. The van der Waals surface area contributed by atoms with Crippen molar-refractivity contribution in [2.24, 2.45) is 0 Å². The largest absolute Gasteiger partial charge is 0.334 e. The molecule has 1 fully saturated rings. The fraction of sp³-hybridized carbons (Fsp3) is 0.333. The Hall–Kier alpha value is -2.96. The second-order valence-corrected chi connectivity index (χ2v) is 7.48. The minimum Gasteiger partial charge on any atom is -0.334 e. The maximum Gasteiger partial charge on any atom is 0.321 e. The maximum atomic E-state index is 12.4. The van der Waals surface area contributed by atoms with E-state index in [2.05, 4.69) is 44.7 Å². The second kappa shape index (κ2) is 11.3. The van der Waals surface area contributed by atoms with Gasteiger partial charge in [0.1, 0.15) is 0 Å². The van der Waals surface area contributed by atoms with Crippen molar-refractivity contribution in [1.82, 2.24) is 20.4 Å². The van der Waals surface area contributed by atoms with Crippen molar-refractivity contribution >= 4 is 18.0 Å². The molecule has 3 rings (SSSR count). The van der Waals surface area contributed by atoms with Crippen LogP contribution in [-0.2, 0) is 11.3 Å². The third kappa shape index (κ3) is 6.83. The van der Waals surface area contributed by atoms with Gasteiger partial charge >= 0.3 is 6.03 Å². The van der Waals surface area contributed by atoms with Crippen LogP contribution < -0.4 is 10.6 Å². The predicted molar refractivity (Wildman–Crippen MR) is 120 cm³/mol. The molecule has 0 aromatic heterocycles. The number of hydrogen-bond acceptors (Lipinski definition) is 4. The zero-order valence-electron chi connectivity index (χ0n) is 17.5. The molecule has 3 amide bonds. The van der Waals surface area contributed by atoms with Gasteiger partial charge in [0.15, 0.2) is 0 Å². The van der Waals surface area contributed by atoms with Gasteiger partial charge in [0.25, 0.3) is 0 Å². The fourth-order valence-electron chi connectivity index (χ4n) is 3.44. The van der Waals surface area contributed by atoms with Crippen LogP contribution in [0, 0.1) is 0 Å². The SMILES string of the molecule is C[C@H](C(=O)NC(=O)NCc1ccccc1)N1CCN(C/C=C/c2ccccc2)CC1. The fourth-order valence-corrected chi connectivity index (χ4v) is 3.44. The van der Waals surface area contributed by atoms with E-state index in [4.69, 9.17) is 0 Å². The van der Waals surface area contributed by atoms with Crippen LogP contribution in [0.15, 0.2) is 66.7 Å². The summed E-state index contributed by atoms with van der Waals surface area (Å²) < 4.78 is 0. The number of hydrogen-bond donors (Lipinski definition) is 2. The van der Waals surface area contributed by atoms with E-state index < -0.39 is 6.03 Å². The number of benzene rings is 2. The molecule has 2 aromatic rings. The van der Waals surface area contributed by atoms with Gasteiger partial charge in [0.2, 0.25) is 5.91 Å². The number of urea groups is 1. The molecule has 1 aliphatic rings. The summed E-state index contributed by atoms with van der Waals surface area (Å²) in [6.07, 6.45) is 4.31. The van der Waals surface area contributed by atoms with Crippen LogP contribution in [-0.4, -0.2) is 60.5 Å². The predicted octanol–water partition coefficient (Wildman–Crippen LogP) is 2.73. The number of carbonyl (C=O) groups excluding carboxylic acids is 2. The van der Waals surface area contributed by atoms with Gasteiger partial charge in [-0.3, -0.25) is 19.9 Å². The topological polar surface area (TPSA) is 64.7 Å². The minimum absolute atomic E-state index is 0.266. The monoisotopic (exact) mass is 406 g/mol. The van der Waals surface area contributed by atoms with E-state index >= 15 is 0 Å². The van der Waals surface area contributed by atoms with Crippen molar-refractivity contribution in [3.05, 3.63) is 77.9 Å². The molecule has 6 heteroatoms. The first-order valence-corrected chi connectivity index (χ1v) is 10.4. The van der Waals surface area contributed by atoms with E-state index in [-0.39, 0.29) is 11.9 Å². The molecule has 0 spiro atoms. The minimum atomic E-state index is -0.458. The molecule has 0 saturated carbocycles. The first kappa shape index (κ1) is 21.7. The van der Waals surface area contributed by atoms with Crippen LogP contribution in [0.3, 0.4) is 0 Å².